The van der Waals surface area contributed by atoms with Gasteiger partial charge >= 0.3 is 0 Å². The number of aromatic nitrogens is 3. The summed E-state index contributed by atoms with van der Waals surface area (Å²) in [4.78, 5) is 20.7. The van der Waals surface area contributed by atoms with Gasteiger partial charge in [-0.1, -0.05) is 42.5 Å². The highest BCUT2D eigenvalue weighted by atomic mass is 16.5. The molecule has 1 fully saturated rings. The number of pyridine rings is 1. The molecule has 0 aliphatic carbocycles. The standard InChI is InChI=1S/C28H31N7O/c1-33(2)27-20-25(30-23-11-8-12-24(19-23)36-21-22-9-4-3-5-10-22)31-28(32-27)35-17-15-34(16-18-35)26-13-6-7-14-29-26/h3-14,19-20H,15-18,21H2,1-2H3,(H,30,31,32). The zero-order chi connectivity index (χ0) is 24.7. The van der Waals surface area contributed by atoms with Gasteiger partial charge in [0.05, 0.1) is 0 Å². The summed E-state index contributed by atoms with van der Waals surface area (Å²) in [5, 5.41) is 3.45. The number of ether oxygens (including phenoxy) is 1. The SMILES string of the molecule is CN(C)c1cc(Nc2cccc(OCc3ccccc3)c2)nc(N2CCN(c3ccccn3)CC2)n1. The Morgan fingerprint density at radius 1 is 0.833 bits per heavy atom. The highest BCUT2D eigenvalue weighted by Gasteiger charge is 2.21. The Balaban J connectivity index is 1.29. The van der Waals surface area contributed by atoms with Gasteiger partial charge in [-0.05, 0) is 29.8 Å². The van der Waals surface area contributed by atoms with E-state index in [1.807, 2.05) is 85.9 Å². The topological polar surface area (TPSA) is 69.7 Å². The summed E-state index contributed by atoms with van der Waals surface area (Å²) in [5.74, 6) is 4.14. The summed E-state index contributed by atoms with van der Waals surface area (Å²) in [5.41, 5.74) is 2.05. The average Bonchev–Trinajstić information content (AvgIpc) is 2.93. The molecule has 0 saturated carbocycles. The molecule has 0 atom stereocenters. The molecule has 1 aliphatic rings. The van der Waals surface area contributed by atoms with Crippen molar-refractivity contribution in [1.82, 2.24) is 15.0 Å². The van der Waals surface area contributed by atoms with Gasteiger partial charge in [-0.2, -0.15) is 9.97 Å². The Labute approximate surface area is 212 Å². The third kappa shape index (κ3) is 5.83. The smallest absolute Gasteiger partial charge is 0.229 e. The molecule has 0 radical (unpaired) electrons. The second-order valence-corrected chi connectivity index (χ2v) is 8.89. The first-order chi connectivity index (χ1) is 17.6. The van der Waals surface area contributed by atoms with Crippen LogP contribution in [0.2, 0.25) is 0 Å². The molecule has 2 aromatic heterocycles. The number of benzene rings is 2. The van der Waals surface area contributed by atoms with E-state index in [2.05, 4.69) is 38.3 Å². The van der Waals surface area contributed by atoms with E-state index in [0.717, 1.165) is 66.6 Å². The third-order valence-electron chi connectivity index (χ3n) is 6.05. The molecule has 8 heteroatoms. The molecule has 0 amide bonds. The molecule has 184 valence electrons. The molecule has 1 aliphatic heterocycles. The molecular formula is C28H31N7O. The lowest BCUT2D eigenvalue weighted by Gasteiger charge is -2.35. The van der Waals surface area contributed by atoms with E-state index < -0.39 is 0 Å². The van der Waals surface area contributed by atoms with Crippen LogP contribution < -0.4 is 24.8 Å². The van der Waals surface area contributed by atoms with Gasteiger partial charge in [-0.25, -0.2) is 4.98 Å². The van der Waals surface area contributed by atoms with Crippen LogP contribution in [-0.4, -0.2) is 55.2 Å². The Hall–Kier alpha value is -4.33. The van der Waals surface area contributed by atoms with Gasteiger partial charge in [0, 0.05) is 64.3 Å². The van der Waals surface area contributed by atoms with Gasteiger partial charge in [-0.3, -0.25) is 0 Å². The lowest BCUT2D eigenvalue weighted by molar-refractivity contribution is 0.306. The van der Waals surface area contributed by atoms with Gasteiger partial charge in [0.2, 0.25) is 5.95 Å². The van der Waals surface area contributed by atoms with Crippen LogP contribution in [-0.2, 0) is 6.61 Å². The molecule has 5 rings (SSSR count). The lowest BCUT2D eigenvalue weighted by Crippen LogP contribution is -2.47. The summed E-state index contributed by atoms with van der Waals surface area (Å²) in [7, 11) is 3.99. The highest BCUT2D eigenvalue weighted by Crippen LogP contribution is 2.26. The van der Waals surface area contributed by atoms with Crippen molar-refractivity contribution in [3.63, 3.8) is 0 Å². The fraction of sp³-hybridized carbons (Fsp3) is 0.250. The van der Waals surface area contributed by atoms with Gasteiger partial charge in [0.1, 0.15) is 29.8 Å². The van der Waals surface area contributed by atoms with Gasteiger partial charge < -0.3 is 24.8 Å². The number of nitrogens with zero attached hydrogens (tertiary/aromatic N) is 6. The van der Waals surface area contributed by atoms with E-state index in [4.69, 9.17) is 14.7 Å². The maximum atomic E-state index is 6.00. The minimum absolute atomic E-state index is 0.525. The van der Waals surface area contributed by atoms with Crippen LogP contribution >= 0.6 is 0 Å². The molecule has 4 aromatic rings. The summed E-state index contributed by atoms with van der Waals surface area (Å²) >= 11 is 0. The van der Waals surface area contributed by atoms with Crippen LogP contribution in [0.3, 0.4) is 0 Å². The molecule has 0 bridgehead atoms. The maximum Gasteiger partial charge on any atom is 0.229 e. The second kappa shape index (κ2) is 10.9. The van der Waals surface area contributed by atoms with Crippen LogP contribution in [0.15, 0.2) is 85.1 Å². The number of hydrogen-bond acceptors (Lipinski definition) is 8. The van der Waals surface area contributed by atoms with Gasteiger partial charge in [-0.15, -0.1) is 0 Å². The van der Waals surface area contributed by atoms with Crippen molar-refractivity contribution >= 4 is 29.1 Å². The van der Waals surface area contributed by atoms with Crippen LogP contribution in [0.5, 0.6) is 5.75 Å². The Kier molecular flexibility index (Phi) is 7.12. The van der Waals surface area contributed by atoms with Crippen molar-refractivity contribution in [3.05, 3.63) is 90.6 Å². The quantitative estimate of drug-likeness (QED) is 0.392. The van der Waals surface area contributed by atoms with E-state index in [-0.39, 0.29) is 0 Å². The fourth-order valence-corrected chi connectivity index (χ4v) is 4.09. The van der Waals surface area contributed by atoms with Crippen molar-refractivity contribution in [2.45, 2.75) is 6.61 Å². The van der Waals surface area contributed by atoms with E-state index in [1.165, 1.54) is 0 Å². The summed E-state index contributed by atoms with van der Waals surface area (Å²) in [6, 6.07) is 26.1. The van der Waals surface area contributed by atoms with Crippen LogP contribution in [0.25, 0.3) is 0 Å². The highest BCUT2D eigenvalue weighted by molar-refractivity contribution is 5.63. The van der Waals surface area contributed by atoms with Crippen LogP contribution in [0.4, 0.5) is 29.1 Å². The van der Waals surface area contributed by atoms with Gasteiger partial charge in [0.25, 0.3) is 0 Å². The molecule has 1 N–H and O–H groups in total. The zero-order valence-corrected chi connectivity index (χ0v) is 20.7. The maximum absolute atomic E-state index is 6.00. The average molecular weight is 482 g/mol. The summed E-state index contributed by atoms with van der Waals surface area (Å²) < 4.78 is 6.00. The third-order valence-corrected chi connectivity index (χ3v) is 6.05. The van der Waals surface area contributed by atoms with E-state index in [1.54, 1.807) is 0 Å². The molecule has 1 saturated heterocycles. The summed E-state index contributed by atoms with van der Waals surface area (Å²) in [6.45, 7) is 3.93. The monoisotopic (exact) mass is 481 g/mol. The Morgan fingerprint density at radius 3 is 2.36 bits per heavy atom. The van der Waals surface area contributed by atoms with E-state index >= 15 is 0 Å². The zero-order valence-electron chi connectivity index (χ0n) is 20.7. The molecule has 3 heterocycles. The Morgan fingerprint density at radius 2 is 1.61 bits per heavy atom. The number of piperazine rings is 1. The minimum Gasteiger partial charge on any atom is -0.489 e. The first-order valence-electron chi connectivity index (χ1n) is 12.2. The van der Waals surface area contributed by atoms with Gasteiger partial charge in [0.15, 0.2) is 0 Å². The number of nitrogens with one attached hydrogen (secondary N) is 1. The van der Waals surface area contributed by atoms with Crippen molar-refractivity contribution < 1.29 is 4.74 Å². The van der Waals surface area contributed by atoms with Crippen molar-refractivity contribution in [2.24, 2.45) is 0 Å². The number of anilines is 5. The predicted octanol–water partition coefficient (Wildman–Crippen LogP) is 4.59. The van der Waals surface area contributed by atoms with Crippen LogP contribution in [0.1, 0.15) is 5.56 Å². The first-order valence-corrected chi connectivity index (χ1v) is 12.2. The Bertz CT molecular complexity index is 1260. The largest absolute Gasteiger partial charge is 0.489 e. The molecule has 2 aromatic carbocycles. The molecular weight excluding hydrogens is 450 g/mol. The predicted molar refractivity (Wildman–Crippen MR) is 146 cm³/mol. The molecule has 8 nitrogen and oxygen atoms in total. The minimum atomic E-state index is 0.525. The fourth-order valence-electron chi connectivity index (χ4n) is 4.09. The van der Waals surface area contributed by atoms with Crippen molar-refractivity contribution in [2.75, 3.05) is 60.3 Å². The second-order valence-electron chi connectivity index (χ2n) is 8.89. The van der Waals surface area contributed by atoms with Crippen molar-refractivity contribution in [1.29, 1.82) is 0 Å². The van der Waals surface area contributed by atoms with E-state index in [9.17, 15) is 0 Å². The lowest BCUT2D eigenvalue weighted by atomic mass is 10.2. The molecule has 36 heavy (non-hydrogen) atoms. The normalized spacial score (nSPS) is 13.4. The molecule has 0 spiro atoms. The first kappa shape index (κ1) is 23.4. The van der Waals surface area contributed by atoms with Crippen LogP contribution in [0, 0.1) is 0 Å². The van der Waals surface area contributed by atoms with Crippen molar-refractivity contribution in [3.8, 4) is 5.75 Å². The number of rotatable bonds is 8. The summed E-state index contributed by atoms with van der Waals surface area (Å²) in [6.07, 6.45) is 1.84. The van der Waals surface area contributed by atoms with E-state index in [0.29, 0.717) is 6.61 Å². The molecule has 0 unspecified atom stereocenters. The number of hydrogen-bond donors (Lipinski definition) is 1.